The number of benzene rings is 1. The largest absolute Gasteiger partial charge is 0.481 e. The van der Waals surface area contributed by atoms with Crippen molar-refractivity contribution in [3.05, 3.63) is 40.4 Å². The summed E-state index contributed by atoms with van der Waals surface area (Å²) in [4.78, 5) is 21.7. The molecule has 0 aliphatic carbocycles. The van der Waals surface area contributed by atoms with Crippen LogP contribution in [0, 0.1) is 0 Å². The van der Waals surface area contributed by atoms with E-state index in [0.717, 1.165) is 5.56 Å². The summed E-state index contributed by atoms with van der Waals surface area (Å²) in [6.45, 7) is 1.35. The minimum absolute atomic E-state index is 0.239. The first-order valence-electron chi connectivity index (χ1n) is 4.68. The monoisotopic (exact) mass is 238 g/mol. The second-order valence-electron chi connectivity index (χ2n) is 3.35. The van der Waals surface area contributed by atoms with E-state index in [4.69, 9.17) is 16.7 Å². The summed E-state index contributed by atoms with van der Waals surface area (Å²) >= 11 is 5.71. The van der Waals surface area contributed by atoms with Gasteiger partial charge >= 0.3 is 5.97 Å². The van der Waals surface area contributed by atoms with Gasteiger partial charge in [-0.3, -0.25) is 9.59 Å². The van der Waals surface area contributed by atoms with Crippen molar-refractivity contribution < 1.29 is 14.7 Å². The van der Waals surface area contributed by atoms with Crippen LogP contribution in [0.4, 0.5) is 0 Å². The van der Waals surface area contributed by atoms with Crippen molar-refractivity contribution in [3.8, 4) is 0 Å². The first-order valence-corrected chi connectivity index (χ1v) is 5.05. The summed E-state index contributed by atoms with van der Waals surface area (Å²) in [7, 11) is 0. The number of carboxylic acids is 1. The molecule has 0 saturated carbocycles. The molecule has 3 nitrogen and oxygen atoms in total. The molecular weight excluding hydrogens is 228 g/mol. The molecule has 0 amide bonds. The lowest BCUT2D eigenvalue weighted by Crippen LogP contribution is -2.04. The molecule has 1 aromatic rings. The van der Waals surface area contributed by atoms with Gasteiger partial charge in [0.15, 0.2) is 5.78 Å². The summed E-state index contributed by atoms with van der Waals surface area (Å²) < 4.78 is 0. The van der Waals surface area contributed by atoms with Gasteiger partial charge in [0.05, 0.1) is 6.42 Å². The first-order chi connectivity index (χ1) is 7.49. The number of rotatable bonds is 4. The highest BCUT2D eigenvalue weighted by Gasteiger charge is 2.08. The van der Waals surface area contributed by atoms with E-state index in [9.17, 15) is 9.59 Å². The molecule has 1 N–H and O–H groups in total. The second-order valence-corrected chi connectivity index (χ2v) is 3.78. The Morgan fingerprint density at radius 1 is 1.31 bits per heavy atom. The third kappa shape index (κ3) is 3.87. The molecule has 0 radical (unpaired) electrons. The van der Waals surface area contributed by atoms with Crippen molar-refractivity contribution in [2.75, 3.05) is 0 Å². The third-order valence-corrected chi connectivity index (χ3v) is 2.26. The van der Waals surface area contributed by atoms with Crippen LogP contribution < -0.4 is 0 Å². The maximum atomic E-state index is 11.2. The van der Waals surface area contributed by atoms with Crippen LogP contribution in [0.15, 0.2) is 29.8 Å². The minimum Gasteiger partial charge on any atom is -0.481 e. The van der Waals surface area contributed by atoms with Crippen molar-refractivity contribution in [1.29, 1.82) is 0 Å². The molecule has 0 aromatic heterocycles. The van der Waals surface area contributed by atoms with E-state index < -0.39 is 5.97 Å². The molecule has 0 saturated heterocycles. The topological polar surface area (TPSA) is 54.4 Å². The maximum Gasteiger partial charge on any atom is 0.307 e. The highest BCUT2D eigenvalue weighted by molar-refractivity contribution is 6.30. The summed E-state index contributed by atoms with van der Waals surface area (Å²) in [6, 6.07) is 6.83. The van der Waals surface area contributed by atoms with Gasteiger partial charge in [0.25, 0.3) is 0 Å². The van der Waals surface area contributed by atoms with Gasteiger partial charge in [0, 0.05) is 10.6 Å². The molecular formula is C12H11ClO3. The van der Waals surface area contributed by atoms with Crippen LogP contribution in [0.2, 0.25) is 5.02 Å². The van der Waals surface area contributed by atoms with E-state index in [2.05, 4.69) is 0 Å². The van der Waals surface area contributed by atoms with Gasteiger partial charge in [-0.2, -0.15) is 0 Å². The van der Waals surface area contributed by atoms with Gasteiger partial charge in [-0.1, -0.05) is 23.7 Å². The van der Waals surface area contributed by atoms with E-state index in [-0.39, 0.29) is 17.8 Å². The number of ketones is 1. The summed E-state index contributed by atoms with van der Waals surface area (Å²) in [5.74, 6) is -1.26. The van der Waals surface area contributed by atoms with Crippen molar-refractivity contribution >= 4 is 29.4 Å². The summed E-state index contributed by atoms with van der Waals surface area (Å²) in [5.41, 5.74) is 1.03. The Bertz CT molecular complexity index is 432. The summed E-state index contributed by atoms with van der Waals surface area (Å²) in [5, 5.41) is 9.24. The highest BCUT2D eigenvalue weighted by atomic mass is 35.5. The molecule has 4 heteroatoms. The highest BCUT2D eigenvalue weighted by Crippen LogP contribution is 2.14. The Kier molecular flexibility index (Phi) is 4.26. The Hall–Kier alpha value is -1.61. The molecule has 0 aliphatic rings. The number of carbonyl (C=O) groups excluding carboxylic acids is 1. The molecule has 1 aromatic carbocycles. The molecule has 0 fully saturated rings. The molecule has 0 atom stereocenters. The lowest BCUT2D eigenvalue weighted by atomic mass is 10.1. The average molecular weight is 239 g/mol. The SMILES string of the molecule is CC(=O)/C(=C/c1ccc(Cl)cc1)CC(=O)O. The van der Waals surface area contributed by atoms with Crippen molar-refractivity contribution in [3.63, 3.8) is 0 Å². The van der Waals surface area contributed by atoms with Crippen molar-refractivity contribution in [2.45, 2.75) is 13.3 Å². The van der Waals surface area contributed by atoms with Crippen LogP contribution in [-0.2, 0) is 9.59 Å². The van der Waals surface area contributed by atoms with E-state index in [1.807, 2.05) is 0 Å². The fourth-order valence-electron chi connectivity index (χ4n) is 1.20. The number of hydrogen-bond donors (Lipinski definition) is 1. The van der Waals surface area contributed by atoms with Crippen LogP contribution in [0.25, 0.3) is 6.08 Å². The van der Waals surface area contributed by atoms with Crippen LogP contribution in [0.1, 0.15) is 18.9 Å². The third-order valence-electron chi connectivity index (χ3n) is 2.00. The van der Waals surface area contributed by atoms with Gasteiger partial charge in [-0.15, -0.1) is 0 Å². The normalized spacial score (nSPS) is 11.2. The van der Waals surface area contributed by atoms with Crippen LogP contribution in [0.3, 0.4) is 0 Å². The Morgan fingerprint density at radius 3 is 2.31 bits per heavy atom. The fraction of sp³-hybridized carbons (Fsp3) is 0.167. The van der Waals surface area contributed by atoms with E-state index in [0.29, 0.717) is 5.02 Å². The Balaban J connectivity index is 2.97. The molecule has 0 unspecified atom stereocenters. The zero-order valence-electron chi connectivity index (χ0n) is 8.74. The van der Waals surface area contributed by atoms with Crippen molar-refractivity contribution in [1.82, 2.24) is 0 Å². The number of Topliss-reactive ketones (excluding diaryl/α,β-unsaturated/α-hetero) is 1. The van der Waals surface area contributed by atoms with Gasteiger partial charge in [0.1, 0.15) is 0 Å². The molecule has 0 heterocycles. The zero-order chi connectivity index (χ0) is 12.1. The number of carboxylic acid groups (broad SMARTS) is 1. The van der Waals surface area contributed by atoms with Crippen LogP contribution >= 0.6 is 11.6 Å². The lowest BCUT2D eigenvalue weighted by molar-refractivity contribution is -0.136. The average Bonchev–Trinajstić information content (AvgIpc) is 2.19. The van der Waals surface area contributed by atoms with Gasteiger partial charge < -0.3 is 5.11 Å². The minimum atomic E-state index is -1.02. The quantitative estimate of drug-likeness (QED) is 0.821. The van der Waals surface area contributed by atoms with Crippen LogP contribution in [0.5, 0.6) is 0 Å². The molecule has 84 valence electrons. The molecule has 0 bridgehead atoms. The lowest BCUT2D eigenvalue weighted by Gasteiger charge is -2.00. The second kappa shape index (κ2) is 5.47. The number of halogens is 1. The predicted molar refractivity (Wildman–Crippen MR) is 62.4 cm³/mol. The van der Waals surface area contributed by atoms with E-state index in [1.54, 1.807) is 30.3 Å². The number of carbonyl (C=O) groups is 2. The zero-order valence-corrected chi connectivity index (χ0v) is 9.49. The van der Waals surface area contributed by atoms with E-state index in [1.165, 1.54) is 6.92 Å². The molecule has 0 spiro atoms. The van der Waals surface area contributed by atoms with Gasteiger partial charge in [-0.05, 0) is 30.7 Å². The smallest absolute Gasteiger partial charge is 0.307 e. The predicted octanol–water partition coefficient (Wildman–Crippen LogP) is 2.79. The van der Waals surface area contributed by atoms with Gasteiger partial charge in [0.2, 0.25) is 0 Å². The summed E-state index contributed by atoms with van der Waals surface area (Å²) in [6.07, 6.45) is 1.30. The van der Waals surface area contributed by atoms with E-state index >= 15 is 0 Å². The first kappa shape index (κ1) is 12.5. The molecule has 1 rings (SSSR count). The Labute approximate surface area is 98.4 Å². The molecule has 16 heavy (non-hydrogen) atoms. The maximum absolute atomic E-state index is 11.2. The number of aliphatic carboxylic acids is 1. The Morgan fingerprint density at radius 2 is 1.88 bits per heavy atom. The number of hydrogen-bond acceptors (Lipinski definition) is 2. The molecule has 0 aliphatic heterocycles. The van der Waals surface area contributed by atoms with Crippen LogP contribution in [-0.4, -0.2) is 16.9 Å². The fourth-order valence-corrected chi connectivity index (χ4v) is 1.33. The standard InChI is InChI=1S/C12H11ClO3/c1-8(14)10(7-12(15)16)6-9-2-4-11(13)5-3-9/h2-6H,7H2,1H3,(H,15,16)/b10-6+. The van der Waals surface area contributed by atoms with Crippen molar-refractivity contribution in [2.24, 2.45) is 0 Å². The van der Waals surface area contributed by atoms with Gasteiger partial charge in [-0.25, -0.2) is 0 Å².